The van der Waals surface area contributed by atoms with Crippen LogP contribution in [0.1, 0.15) is 43.5 Å². The Morgan fingerprint density at radius 1 is 0.911 bits per heavy atom. The van der Waals surface area contributed by atoms with Gasteiger partial charge in [0.1, 0.15) is 24.7 Å². The molecule has 0 bridgehead atoms. The number of carbonyl (C=O) groups is 1. The SMILES string of the molecule is CCOC(=O)C1=C(C)N=c2sc(=Cc3ccc(OCCOc4cccc(C)c4)c(OCC)c3)c(=O)n2C1c1ccc(OC)cc1. The molecule has 45 heavy (non-hydrogen) atoms. The third kappa shape index (κ3) is 7.12. The summed E-state index contributed by atoms with van der Waals surface area (Å²) in [4.78, 5) is 32.2. The van der Waals surface area contributed by atoms with Crippen LogP contribution in [0.2, 0.25) is 0 Å². The minimum atomic E-state index is -0.704. The van der Waals surface area contributed by atoms with E-state index in [9.17, 15) is 9.59 Å². The highest BCUT2D eigenvalue weighted by Gasteiger charge is 2.33. The van der Waals surface area contributed by atoms with Gasteiger partial charge in [-0.2, -0.15) is 0 Å². The van der Waals surface area contributed by atoms with Gasteiger partial charge in [-0.3, -0.25) is 9.36 Å². The lowest BCUT2D eigenvalue weighted by atomic mass is 9.96. The van der Waals surface area contributed by atoms with Gasteiger partial charge in [0, 0.05) is 0 Å². The molecule has 0 saturated carbocycles. The van der Waals surface area contributed by atoms with Crippen molar-refractivity contribution in [3.05, 3.63) is 114 Å². The summed E-state index contributed by atoms with van der Waals surface area (Å²) >= 11 is 1.26. The first-order valence-corrected chi connectivity index (χ1v) is 15.6. The highest BCUT2D eigenvalue weighted by molar-refractivity contribution is 7.07. The molecule has 0 amide bonds. The van der Waals surface area contributed by atoms with E-state index >= 15 is 0 Å². The monoisotopic (exact) mass is 628 g/mol. The van der Waals surface area contributed by atoms with Gasteiger partial charge in [0.25, 0.3) is 5.56 Å². The van der Waals surface area contributed by atoms with E-state index in [0.29, 0.717) is 57.7 Å². The second-order valence-corrected chi connectivity index (χ2v) is 11.2. The molecule has 0 aliphatic carbocycles. The van der Waals surface area contributed by atoms with Crippen LogP contribution in [0.5, 0.6) is 23.0 Å². The van der Waals surface area contributed by atoms with Gasteiger partial charge in [-0.1, -0.05) is 41.7 Å². The molecule has 2 heterocycles. The second kappa shape index (κ2) is 14.3. The van der Waals surface area contributed by atoms with E-state index in [1.54, 1.807) is 43.7 Å². The quantitative estimate of drug-likeness (QED) is 0.161. The van der Waals surface area contributed by atoms with E-state index < -0.39 is 12.0 Å². The van der Waals surface area contributed by atoms with Crippen LogP contribution in [-0.4, -0.2) is 44.1 Å². The molecule has 0 N–H and O–H groups in total. The van der Waals surface area contributed by atoms with Crippen molar-refractivity contribution in [1.82, 2.24) is 4.57 Å². The van der Waals surface area contributed by atoms with E-state index in [1.165, 1.54) is 11.3 Å². The van der Waals surface area contributed by atoms with Gasteiger partial charge in [0.05, 0.1) is 42.2 Å². The fourth-order valence-corrected chi connectivity index (χ4v) is 6.11. The molecular formula is C35H36N2O7S. The van der Waals surface area contributed by atoms with Gasteiger partial charge in [0.15, 0.2) is 16.3 Å². The average molecular weight is 629 g/mol. The first-order valence-electron chi connectivity index (χ1n) is 14.8. The molecule has 0 fully saturated rings. The summed E-state index contributed by atoms with van der Waals surface area (Å²) in [6.45, 7) is 8.79. The number of aryl methyl sites for hydroxylation is 1. The van der Waals surface area contributed by atoms with E-state index in [0.717, 1.165) is 22.4 Å². The Balaban J connectivity index is 1.46. The molecule has 1 aromatic heterocycles. The summed E-state index contributed by atoms with van der Waals surface area (Å²) in [5, 5.41) is 0. The maximum atomic E-state index is 14.0. The van der Waals surface area contributed by atoms with Crippen LogP contribution in [0, 0.1) is 6.92 Å². The minimum absolute atomic E-state index is 0.205. The molecule has 5 rings (SSSR count). The van der Waals surface area contributed by atoms with Gasteiger partial charge < -0.3 is 23.7 Å². The third-order valence-electron chi connectivity index (χ3n) is 7.11. The number of carbonyl (C=O) groups excluding carboxylic acids is 1. The number of thiazole rings is 1. The largest absolute Gasteiger partial charge is 0.497 e. The number of allylic oxidation sites excluding steroid dienone is 1. The standard InChI is InChI=1S/C35H36N2O7S/c1-6-41-29-20-24(11-16-28(29)44-18-17-43-27-10-8-9-22(3)19-27)21-30-33(38)37-32(25-12-14-26(40-5)15-13-25)31(34(39)42-7-2)23(4)36-35(37)45-30/h8-16,19-21,32H,6-7,17-18H2,1-5H3. The zero-order valence-corrected chi connectivity index (χ0v) is 26.8. The van der Waals surface area contributed by atoms with Gasteiger partial charge in [-0.05, 0) is 86.9 Å². The average Bonchev–Trinajstić information content (AvgIpc) is 3.33. The van der Waals surface area contributed by atoms with Crippen molar-refractivity contribution in [2.24, 2.45) is 4.99 Å². The van der Waals surface area contributed by atoms with Crippen molar-refractivity contribution < 1.29 is 28.5 Å². The summed E-state index contributed by atoms with van der Waals surface area (Å²) in [5.74, 6) is 2.10. The Labute approximate surface area is 265 Å². The molecule has 1 unspecified atom stereocenters. The fourth-order valence-electron chi connectivity index (χ4n) is 5.06. The zero-order valence-electron chi connectivity index (χ0n) is 26.0. The maximum Gasteiger partial charge on any atom is 0.338 e. The van der Waals surface area contributed by atoms with Gasteiger partial charge in [0.2, 0.25) is 0 Å². The number of methoxy groups -OCH3 is 1. The summed E-state index contributed by atoms with van der Waals surface area (Å²) in [7, 11) is 1.59. The van der Waals surface area contributed by atoms with Crippen LogP contribution in [0.3, 0.4) is 0 Å². The maximum absolute atomic E-state index is 14.0. The van der Waals surface area contributed by atoms with E-state index in [4.69, 9.17) is 23.7 Å². The smallest absolute Gasteiger partial charge is 0.338 e. The highest BCUT2D eigenvalue weighted by atomic mass is 32.1. The predicted molar refractivity (Wildman–Crippen MR) is 173 cm³/mol. The molecule has 0 saturated heterocycles. The van der Waals surface area contributed by atoms with E-state index in [-0.39, 0.29) is 12.2 Å². The third-order valence-corrected chi connectivity index (χ3v) is 8.10. The number of aromatic nitrogens is 1. The molecule has 3 aromatic carbocycles. The molecule has 1 aliphatic rings. The van der Waals surface area contributed by atoms with Crippen LogP contribution in [0.25, 0.3) is 6.08 Å². The lowest BCUT2D eigenvalue weighted by Gasteiger charge is -2.24. The van der Waals surface area contributed by atoms with Gasteiger partial charge in [-0.15, -0.1) is 0 Å². The molecular weight excluding hydrogens is 592 g/mol. The number of esters is 1. The van der Waals surface area contributed by atoms with Crippen molar-refractivity contribution >= 4 is 23.4 Å². The van der Waals surface area contributed by atoms with Crippen LogP contribution >= 0.6 is 11.3 Å². The molecule has 1 aliphatic heterocycles. The second-order valence-electron chi connectivity index (χ2n) is 10.2. The first kappa shape index (κ1) is 31.6. The Morgan fingerprint density at radius 3 is 2.40 bits per heavy atom. The number of ether oxygens (including phenoxy) is 5. The van der Waals surface area contributed by atoms with Crippen molar-refractivity contribution in [3.8, 4) is 23.0 Å². The summed E-state index contributed by atoms with van der Waals surface area (Å²) < 4.78 is 30.4. The highest BCUT2D eigenvalue weighted by Crippen LogP contribution is 2.32. The Kier molecular flexibility index (Phi) is 10.0. The summed E-state index contributed by atoms with van der Waals surface area (Å²) in [5.41, 5.74) is 3.20. The lowest BCUT2D eigenvalue weighted by Crippen LogP contribution is -2.39. The predicted octanol–water partition coefficient (Wildman–Crippen LogP) is 4.97. The van der Waals surface area contributed by atoms with Gasteiger partial charge >= 0.3 is 5.97 Å². The van der Waals surface area contributed by atoms with Crippen molar-refractivity contribution in [3.63, 3.8) is 0 Å². The van der Waals surface area contributed by atoms with Crippen molar-refractivity contribution in [1.29, 1.82) is 0 Å². The normalized spacial score (nSPS) is 14.4. The van der Waals surface area contributed by atoms with Crippen LogP contribution in [0.4, 0.5) is 0 Å². The molecule has 234 valence electrons. The Bertz CT molecular complexity index is 1890. The first-order chi connectivity index (χ1) is 21.8. The number of rotatable bonds is 12. The molecule has 9 nitrogen and oxygen atoms in total. The molecule has 10 heteroatoms. The number of hydrogen-bond acceptors (Lipinski definition) is 9. The minimum Gasteiger partial charge on any atom is -0.497 e. The van der Waals surface area contributed by atoms with Crippen molar-refractivity contribution in [2.45, 2.75) is 33.7 Å². The summed E-state index contributed by atoms with van der Waals surface area (Å²) in [6.07, 6.45) is 1.80. The molecule has 0 spiro atoms. The van der Waals surface area contributed by atoms with E-state index in [2.05, 4.69) is 4.99 Å². The number of nitrogens with zero attached hydrogens (tertiary/aromatic N) is 2. The topological polar surface area (TPSA) is 97.6 Å². The van der Waals surface area contributed by atoms with Crippen LogP contribution in [-0.2, 0) is 9.53 Å². The zero-order chi connectivity index (χ0) is 31.9. The summed E-state index contributed by atoms with van der Waals surface area (Å²) in [6, 6.07) is 20.0. The molecule has 4 aromatic rings. The fraction of sp³-hybridized carbons (Fsp3) is 0.286. The Hall–Kier alpha value is -4.83. The molecule has 0 radical (unpaired) electrons. The molecule has 1 atom stereocenters. The Morgan fingerprint density at radius 2 is 1.69 bits per heavy atom. The van der Waals surface area contributed by atoms with Crippen molar-refractivity contribution in [2.75, 3.05) is 33.5 Å². The number of hydrogen-bond donors (Lipinski definition) is 0. The van der Waals surface area contributed by atoms with Crippen LogP contribution < -0.4 is 33.8 Å². The van der Waals surface area contributed by atoms with Gasteiger partial charge in [-0.25, -0.2) is 9.79 Å². The van der Waals surface area contributed by atoms with Crippen LogP contribution in [0.15, 0.2) is 87.8 Å². The lowest BCUT2D eigenvalue weighted by molar-refractivity contribution is -0.139. The number of fused-ring (bicyclic) bond motifs is 1. The van der Waals surface area contributed by atoms with E-state index in [1.807, 2.05) is 68.4 Å². The number of benzene rings is 3.